The number of hydrogen-bond acceptors (Lipinski definition) is 2. The van der Waals surface area contributed by atoms with Gasteiger partial charge in [0.05, 0.1) is 16.4 Å². The molecule has 3 nitrogen and oxygen atoms in total. The molecule has 4 heteroatoms. The Labute approximate surface area is 125 Å². The summed E-state index contributed by atoms with van der Waals surface area (Å²) < 4.78 is 1.98. The number of benzene rings is 1. The van der Waals surface area contributed by atoms with Crippen molar-refractivity contribution in [1.82, 2.24) is 9.78 Å². The SMILES string of the molecule is CCn1nc(C)c(Cl)c1CC(CN)c1ccccc1C. The van der Waals surface area contributed by atoms with Gasteiger partial charge in [-0.2, -0.15) is 5.10 Å². The zero-order chi connectivity index (χ0) is 14.7. The second-order valence-electron chi connectivity index (χ2n) is 5.16. The number of halogens is 1. The van der Waals surface area contributed by atoms with Crippen molar-refractivity contribution in [3.63, 3.8) is 0 Å². The van der Waals surface area contributed by atoms with E-state index in [4.69, 9.17) is 17.3 Å². The van der Waals surface area contributed by atoms with Crippen LogP contribution in [-0.4, -0.2) is 16.3 Å². The lowest BCUT2D eigenvalue weighted by Crippen LogP contribution is -2.18. The molecular weight excluding hydrogens is 270 g/mol. The molecule has 0 bridgehead atoms. The lowest BCUT2D eigenvalue weighted by molar-refractivity contribution is 0.582. The molecule has 0 aliphatic heterocycles. The van der Waals surface area contributed by atoms with Crippen LogP contribution in [0.1, 0.15) is 35.4 Å². The molecule has 1 aromatic heterocycles. The smallest absolute Gasteiger partial charge is 0.0847 e. The Morgan fingerprint density at radius 1 is 1.30 bits per heavy atom. The minimum absolute atomic E-state index is 0.273. The van der Waals surface area contributed by atoms with Crippen molar-refractivity contribution in [3.8, 4) is 0 Å². The maximum atomic E-state index is 6.40. The van der Waals surface area contributed by atoms with Crippen LogP contribution in [0.25, 0.3) is 0 Å². The molecule has 1 atom stereocenters. The molecule has 1 unspecified atom stereocenters. The molecule has 0 fully saturated rings. The number of nitrogens with zero attached hydrogens (tertiary/aromatic N) is 2. The van der Waals surface area contributed by atoms with Crippen LogP contribution in [0.3, 0.4) is 0 Å². The average Bonchev–Trinajstić information content (AvgIpc) is 2.73. The summed E-state index contributed by atoms with van der Waals surface area (Å²) in [5, 5.41) is 5.25. The molecule has 2 aromatic rings. The van der Waals surface area contributed by atoms with Gasteiger partial charge in [-0.3, -0.25) is 4.68 Å². The first-order chi connectivity index (χ1) is 9.58. The second kappa shape index (κ2) is 6.42. The van der Waals surface area contributed by atoms with Crippen molar-refractivity contribution < 1.29 is 0 Å². The highest BCUT2D eigenvalue weighted by Crippen LogP contribution is 2.28. The molecule has 2 N–H and O–H groups in total. The van der Waals surface area contributed by atoms with Gasteiger partial charge in [0.1, 0.15) is 0 Å². The molecule has 0 aliphatic rings. The predicted octanol–water partition coefficient (Wildman–Crippen LogP) is 3.46. The van der Waals surface area contributed by atoms with E-state index >= 15 is 0 Å². The van der Waals surface area contributed by atoms with Gasteiger partial charge in [-0.05, 0) is 44.9 Å². The lowest BCUT2D eigenvalue weighted by Gasteiger charge is -2.18. The van der Waals surface area contributed by atoms with Gasteiger partial charge in [0.15, 0.2) is 0 Å². The van der Waals surface area contributed by atoms with E-state index in [0.29, 0.717) is 6.54 Å². The van der Waals surface area contributed by atoms with Gasteiger partial charge < -0.3 is 5.73 Å². The van der Waals surface area contributed by atoms with Gasteiger partial charge in [-0.15, -0.1) is 0 Å². The third-order valence-electron chi connectivity index (χ3n) is 3.81. The summed E-state index contributed by atoms with van der Waals surface area (Å²) in [7, 11) is 0. The van der Waals surface area contributed by atoms with E-state index in [9.17, 15) is 0 Å². The van der Waals surface area contributed by atoms with Gasteiger partial charge in [0, 0.05) is 12.5 Å². The molecule has 0 radical (unpaired) electrons. The number of aryl methyl sites for hydroxylation is 3. The van der Waals surface area contributed by atoms with Crippen LogP contribution in [0.4, 0.5) is 0 Å². The van der Waals surface area contributed by atoms with Gasteiger partial charge in [-0.1, -0.05) is 35.9 Å². The number of aromatic nitrogens is 2. The van der Waals surface area contributed by atoms with Crippen LogP contribution in [0.5, 0.6) is 0 Å². The summed E-state index contributed by atoms with van der Waals surface area (Å²) in [4.78, 5) is 0. The van der Waals surface area contributed by atoms with Crippen molar-refractivity contribution in [2.75, 3.05) is 6.54 Å². The molecule has 0 amide bonds. The van der Waals surface area contributed by atoms with Crippen LogP contribution in [0, 0.1) is 13.8 Å². The zero-order valence-electron chi connectivity index (χ0n) is 12.4. The summed E-state index contributed by atoms with van der Waals surface area (Å²) >= 11 is 6.40. The quantitative estimate of drug-likeness (QED) is 0.917. The molecular formula is C16H22ClN3. The van der Waals surface area contributed by atoms with Crippen LogP contribution < -0.4 is 5.73 Å². The molecule has 108 valence electrons. The fourth-order valence-corrected chi connectivity index (χ4v) is 2.87. The van der Waals surface area contributed by atoms with Crippen LogP contribution in [0.15, 0.2) is 24.3 Å². The maximum absolute atomic E-state index is 6.40. The number of rotatable bonds is 5. The van der Waals surface area contributed by atoms with E-state index < -0.39 is 0 Å². The standard InChI is InChI=1S/C16H22ClN3/c1-4-20-15(16(17)12(3)19-20)9-13(10-18)14-8-6-5-7-11(14)2/h5-8,13H,4,9-10,18H2,1-3H3. The summed E-state index contributed by atoms with van der Waals surface area (Å²) in [5.41, 5.74) is 10.6. The van der Waals surface area contributed by atoms with Crippen LogP contribution in [0.2, 0.25) is 5.02 Å². The minimum Gasteiger partial charge on any atom is -0.330 e. The summed E-state index contributed by atoms with van der Waals surface area (Å²) in [6.45, 7) is 7.59. The number of hydrogen-bond donors (Lipinski definition) is 1. The highest BCUT2D eigenvalue weighted by molar-refractivity contribution is 6.31. The topological polar surface area (TPSA) is 43.8 Å². The predicted molar refractivity (Wildman–Crippen MR) is 84.3 cm³/mol. The molecule has 0 saturated heterocycles. The third-order valence-corrected chi connectivity index (χ3v) is 4.30. The van der Waals surface area contributed by atoms with E-state index in [2.05, 4.69) is 43.2 Å². The minimum atomic E-state index is 0.273. The average molecular weight is 292 g/mol. The summed E-state index contributed by atoms with van der Waals surface area (Å²) in [6, 6.07) is 8.40. The molecule has 0 saturated carbocycles. The zero-order valence-corrected chi connectivity index (χ0v) is 13.1. The number of nitrogens with two attached hydrogens (primary N) is 1. The first kappa shape index (κ1) is 15.1. The summed E-state index contributed by atoms with van der Waals surface area (Å²) in [5.74, 6) is 0.273. The summed E-state index contributed by atoms with van der Waals surface area (Å²) in [6.07, 6.45) is 0.828. The Morgan fingerprint density at radius 3 is 2.60 bits per heavy atom. The molecule has 0 aliphatic carbocycles. The second-order valence-corrected chi connectivity index (χ2v) is 5.53. The Morgan fingerprint density at radius 2 is 2.00 bits per heavy atom. The van der Waals surface area contributed by atoms with Gasteiger partial charge >= 0.3 is 0 Å². The first-order valence-corrected chi connectivity index (χ1v) is 7.43. The van der Waals surface area contributed by atoms with Gasteiger partial charge in [-0.25, -0.2) is 0 Å². The molecule has 1 heterocycles. The van der Waals surface area contributed by atoms with E-state index in [1.165, 1.54) is 11.1 Å². The highest BCUT2D eigenvalue weighted by atomic mass is 35.5. The maximum Gasteiger partial charge on any atom is 0.0847 e. The van der Waals surface area contributed by atoms with Crippen LogP contribution in [-0.2, 0) is 13.0 Å². The Hall–Kier alpha value is -1.32. The Balaban J connectivity index is 2.34. The van der Waals surface area contributed by atoms with E-state index in [-0.39, 0.29) is 5.92 Å². The molecule has 1 aromatic carbocycles. The van der Waals surface area contributed by atoms with Crippen molar-refractivity contribution >= 4 is 11.6 Å². The fourth-order valence-electron chi connectivity index (χ4n) is 2.66. The van der Waals surface area contributed by atoms with Crippen LogP contribution >= 0.6 is 11.6 Å². The lowest BCUT2D eigenvalue weighted by atomic mass is 9.91. The fraction of sp³-hybridized carbons (Fsp3) is 0.438. The van der Waals surface area contributed by atoms with E-state index in [1.807, 2.05) is 11.6 Å². The Bertz CT molecular complexity index is 589. The monoisotopic (exact) mass is 291 g/mol. The van der Waals surface area contributed by atoms with Crippen molar-refractivity contribution in [2.45, 2.75) is 39.7 Å². The normalized spacial score (nSPS) is 12.7. The third kappa shape index (κ3) is 2.89. The molecule has 20 heavy (non-hydrogen) atoms. The van der Waals surface area contributed by atoms with E-state index in [1.54, 1.807) is 0 Å². The Kier molecular flexibility index (Phi) is 4.84. The van der Waals surface area contributed by atoms with Crippen molar-refractivity contribution in [2.24, 2.45) is 5.73 Å². The van der Waals surface area contributed by atoms with Gasteiger partial charge in [0.2, 0.25) is 0 Å². The molecule has 0 spiro atoms. The van der Waals surface area contributed by atoms with Gasteiger partial charge in [0.25, 0.3) is 0 Å². The highest BCUT2D eigenvalue weighted by Gasteiger charge is 2.19. The largest absolute Gasteiger partial charge is 0.330 e. The van der Waals surface area contributed by atoms with Crippen molar-refractivity contribution in [3.05, 3.63) is 51.8 Å². The first-order valence-electron chi connectivity index (χ1n) is 7.05. The van der Waals surface area contributed by atoms with Crippen molar-refractivity contribution in [1.29, 1.82) is 0 Å². The van der Waals surface area contributed by atoms with E-state index in [0.717, 1.165) is 29.4 Å². The molecule has 2 rings (SSSR count).